The van der Waals surface area contributed by atoms with E-state index >= 15 is 0 Å². The van der Waals surface area contributed by atoms with Crippen molar-refractivity contribution in [2.75, 3.05) is 26.4 Å². The molecule has 2 rings (SSSR count). The Morgan fingerprint density at radius 3 is 3.05 bits per heavy atom. The van der Waals surface area contributed by atoms with E-state index in [-0.39, 0.29) is 24.8 Å². The van der Waals surface area contributed by atoms with E-state index in [2.05, 4.69) is 10.3 Å². The Bertz CT molecular complexity index is 598. The molecule has 0 unspecified atom stereocenters. The molecule has 6 heteroatoms. The number of halogens is 1. The van der Waals surface area contributed by atoms with Gasteiger partial charge in [-0.2, -0.15) is 0 Å². The third-order valence-corrected chi connectivity index (χ3v) is 3.10. The lowest BCUT2D eigenvalue weighted by Gasteiger charge is -2.05. The molecule has 0 spiro atoms. The summed E-state index contributed by atoms with van der Waals surface area (Å²) in [5, 5.41) is 12.1. The maximum absolute atomic E-state index is 13.2. The van der Waals surface area contributed by atoms with Crippen LogP contribution in [-0.4, -0.2) is 42.4 Å². The summed E-state index contributed by atoms with van der Waals surface area (Å²) in [6, 6.07) is 4.47. The van der Waals surface area contributed by atoms with Gasteiger partial charge in [0.25, 0.3) is 0 Å². The maximum atomic E-state index is 13.2. The highest BCUT2D eigenvalue weighted by molar-refractivity contribution is 5.88. The Kier molecular flexibility index (Phi) is 5.71. The number of benzene rings is 1. The zero-order valence-electron chi connectivity index (χ0n) is 11.7. The van der Waals surface area contributed by atoms with Crippen molar-refractivity contribution in [3.63, 3.8) is 0 Å². The predicted molar refractivity (Wildman–Crippen MR) is 77.5 cm³/mol. The fraction of sp³-hybridized carbons (Fsp3) is 0.400. The van der Waals surface area contributed by atoms with Crippen molar-refractivity contribution in [3.05, 3.63) is 35.8 Å². The number of aromatic amines is 1. The summed E-state index contributed by atoms with van der Waals surface area (Å²) in [7, 11) is 0. The van der Waals surface area contributed by atoms with Crippen molar-refractivity contribution in [1.82, 2.24) is 10.3 Å². The molecule has 1 aromatic carbocycles. The van der Waals surface area contributed by atoms with Gasteiger partial charge in [0.2, 0.25) is 5.91 Å². The van der Waals surface area contributed by atoms with Crippen LogP contribution in [0.25, 0.3) is 10.9 Å². The lowest BCUT2D eigenvalue weighted by Crippen LogP contribution is -2.26. The molecule has 1 aromatic heterocycles. The summed E-state index contributed by atoms with van der Waals surface area (Å²) in [6.45, 7) is 1.33. The third-order valence-electron chi connectivity index (χ3n) is 3.10. The topological polar surface area (TPSA) is 74.4 Å². The van der Waals surface area contributed by atoms with Gasteiger partial charge >= 0.3 is 0 Å². The van der Waals surface area contributed by atoms with Crippen molar-refractivity contribution >= 4 is 16.8 Å². The van der Waals surface area contributed by atoms with Gasteiger partial charge in [-0.25, -0.2) is 4.39 Å². The van der Waals surface area contributed by atoms with Crippen LogP contribution in [0.1, 0.15) is 12.0 Å². The fourth-order valence-corrected chi connectivity index (χ4v) is 2.10. The molecule has 1 amide bonds. The summed E-state index contributed by atoms with van der Waals surface area (Å²) in [5.74, 6) is -0.424. The second-order valence-electron chi connectivity index (χ2n) is 4.72. The maximum Gasteiger partial charge on any atom is 0.224 e. The Hall–Kier alpha value is -1.92. The number of carbonyl (C=O) groups is 1. The smallest absolute Gasteiger partial charge is 0.224 e. The summed E-state index contributed by atoms with van der Waals surface area (Å²) in [5.41, 5.74) is 1.59. The van der Waals surface area contributed by atoms with Crippen LogP contribution in [0, 0.1) is 5.82 Å². The zero-order valence-corrected chi connectivity index (χ0v) is 11.7. The van der Waals surface area contributed by atoms with E-state index in [4.69, 9.17) is 9.84 Å². The third kappa shape index (κ3) is 4.54. The van der Waals surface area contributed by atoms with Crippen LogP contribution < -0.4 is 5.32 Å². The molecule has 0 saturated heterocycles. The van der Waals surface area contributed by atoms with Crippen LogP contribution >= 0.6 is 0 Å². The molecular weight excluding hydrogens is 275 g/mol. The Morgan fingerprint density at radius 2 is 2.24 bits per heavy atom. The van der Waals surface area contributed by atoms with E-state index in [1.807, 2.05) is 0 Å². The molecule has 0 aliphatic heterocycles. The van der Waals surface area contributed by atoms with Crippen molar-refractivity contribution in [3.8, 4) is 0 Å². The first-order valence-corrected chi connectivity index (χ1v) is 6.91. The van der Waals surface area contributed by atoms with Gasteiger partial charge < -0.3 is 20.1 Å². The van der Waals surface area contributed by atoms with E-state index < -0.39 is 0 Å². The van der Waals surface area contributed by atoms with E-state index in [1.54, 1.807) is 12.3 Å². The number of amides is 1. The first kappa shape index (κ1) is 15.5. The average Bonchev–Trinajstić information content (AvgIpc) is 2.85. The van der Waals surface area contributed by atoms with Gasteiger partial charge in [0.05, 0.1) is 19.6 Å². The zero-order chi connectivity index (χ0) is 15.1. The van der Waals surface area contributed by atoms with Crippen LogP contribution in [0.5, 0.6) is 0 Å². The van der Waals surface area contributed by atoms with Gasteiger partial charge in [-0.05, 0) is 30.2 Å². The summed E-state index contributed by atoms with van der Waals surface area (Å²) in [6.07, 6.45) is 2.63. The fourth-order valence-electron chi connectivity index (χ4n) is 2.10. The van der Waals surface area contributed by atoms with Gasteiger partial charge in [-0.3, -0.25) is 4.79 Å². The number of hydrogen-bond donors (Lipinski definition) is 3. The number of nitrogens with one attached hydrogen (secondary N) is 2. The number of carbonyl (C=O) groups excluding carboxylic acids is 1. The minimum Gasteiger partial charge on any atom is -0.394 e. The molecule has 0 radical (unpaired) electrons. The highest BCUT2D eigenvalue weighted by atomic mass is 19.1. The molecule has 2 aromatic rings. The van der Waals surface area contributed by atoms with Gasteiger partial charge in [0, 0.05) is 30.3 Å². The number of aliphatic hydroxyl groups is 1. The molecular formula is C15H19FN2O3. The lowest BCUT2D eigenvalue weighted by atomic mass is 10.1. The summed E-state index contributed by atoms with van der Waals surface area (Å²) in [4.78, 5) is 14.8. The molecule has 0 saturated carbocycles. The predicted octanol–water partition coefficient (Wildman–Crippen LogP) is 1.36. The number of aliphatic hydroxyl groups excluding tert-OH is 1. The Labute approximate surface area is 122 Å². The van der Waals surface area contributed by atoms with Crippen LogP contribution in [0.2, 0.25) is 0 Å². The number of fused-ring (bicyclic) bond motifs is 1. The Morgan fingerprint density at radius 1 is 1.38 bits per heavy atom. The molecule has 0 atom stereocenters. The molecule has 3 N–H and O–H groups in total. The molecule has 114 valence electrons. The lowest BCUT2D eigenvalue weighted by molar-refractivity contribution is -0.120. The first-order chi connectivity index (χ1) is 10.2. The number of H-pyrrole nitrogens is 1. The van der Waals surface area contributed by atoms with Crippen LogP contribution in [0.15, 0.2) is 24.4 Å². The van der Waals surface area contributed by atoms with Gasteiger partial charge in [-0.15, -0.1) is 0 Å². The van der Waals surface area contributed by atoms with E-state index in [1.165, 1.54) is 12.1 Å². The highest BCUT2D eigenvalue weighted by Crippen LogP contribution is 2.19. The van der Waals surface area contributed by atoms with Crippen LogP contribution in [0.4, 0.5) is 4.39 Å². The van der Waals surface area contributed by atoms with Crippen molar-refractivity contribution in [2.24, 2.45) is 0 Å². The quantitative estimate of drug-likeness (QED) is 0.644. The van der Waals surface area contributed by atoms with Gasteiger partial charge in [0.15, 0.2) is 0 Å². The molecule has 0 aliphatic carbocycles. The summed E-state index contributed by atoms with van der Waals surface area (Å²) < 4.78 is 18.3. The van der Waals surface area contributed by atoms with Gasteiger partial charge in [-0.1, -0.05) is 0 Å². The number of aromatic nitrogens is 1. The Balaban J connectivity index is 1.80. The number of hydrogen-bond acceptors (Lipinski definition) is 3. The van der Waals surface area contributed by atoms with Crippen molar-refractivity contribution < 1.29 is 19.0 Å². The molecule has 21 heavy (non-hydrogen) atoms. The largest absolute Gasteiger partial charge is 0.394 e. The normalized spacial score (nSPS) is 11.0. The molecule has 0 fully saturated rings. The first-order valence-electron chi connectivity index (χ1n) is 6.91. The second-order valence-corrected chi connectivity index (χ2v) is 4.72. The van der Waals surface area contributed by atoms with Gasteiger partial charge in [0.1, 0.15) is 5.82 Å². The molecule has 0 bridgehead atoms. The number of ether oxygens (including phenoxy) is 1. The monoisotopic (exact) mass is 294 g/mol. The van der Waals surface area contributed by atoms with E-state index in [9.17, 15) is 9.18 Å². The minimum atomic E-state index is -0.315. The van der Waals surface area contributed by atoms with Crippen LogP contribution in [0.3, 0.4) is 0 Å². The minimum absolute atomic E-state index is 0.00345. The molecule has 1 heterocycles. The van der Waals surface area contributed by atoms with E-state index in [0.29, 0.717) is 26.2 Å². The van der Waals surface area contributed by atoms with Crippen molar-refractivity contribution in [2.45, 2.75) is 12.8 Å². The SMILES string of the molecule is O=C(Cc1c[nH]c2ccc(F)cc12)NCCCOCCO. The number of rotatable bonds is 8. The van der Waals surface area contributed by atoms with Crippen LogP contribution in [-0.2, 0) is 16.0 Å². The average molecular weight is 294 g/mol. The van der Waals surface area contributed by atoms with Crippen molar-refractivity contribution in [1.29, 1.82) is 0 Å². The molecule has 5 nitrogen and oxygen atoms in total. The van der Waals surface area contributed by atoms with E-state index in [0.717, 1.165) is 16.5 Å². The summed E-state index contributed by atoms with van der Waals surface area (Å²) >= 11 is 0. The second kappa shape index (κ2) is 7.75. The molecule has 0 aliphatic rings. The standard InChI is InChI=1S/C15H19FN2O3/c16-12-2-3-14-13(9-12)11(10-18-14)8-15(20)17-4-1-6-21-7-5-19/h2-3,9-10,18-19H,1,4-8H2,(H,17,20). The highest BCUT2D eigenvalue weighted by Gasteiger charge is 2.09.